The second-order valence-electron chi connectivity index (χ2n) is 10.8. The first kappa shape index (κ1) is 35.1. The first-order valence-electron chi connectivity index (χ1n) is 14.8. The molecular formula is C33H41N7O6. The van der Waals surface area contributed by atoms with Gasteiger partial charge in [0.2, 0.25) is 17.7 Å². The van der Waals surface area contributed by atoms with Crippen LogP contribution >= 0.6 is 0 Å². The number of nitrogens with zero attached hydrogens (tertiary/aromatic N) is 1. The number of hydrogen-bond donors (Lipinski definition) is 8. The van der Waals surface area contributed by atoms with Crippen LogP contribution in [0, 0.1) is 0 Å². The minimum absolute atomic E-state index is 0.0120. The highest BCUT2D eigenvalue weighted by Crippen LogP contribution is 2.13. The van der Waals surface area contributed by atoms with Crippen LogP contribution in [-0.2, 0) is 38.4 Å². The zero-order valence-electron chi connectivity index (χ0n) is 25.3. The number of amides is 3. The van der Waals surface area contributed by atoms with Crippen molar-refractivity contribution in [2.75, 3.05) is 6.54 Å². The van der Waals surface area contributed by atoms with Crippen molar-refractivity contribution in [2.45, 2.75) is 56.3 Å². The van der Waals surface area contributed by atoms with Crippen molar-refractivity contribution in [1.29, 1.82) is 0 Å². The van der Waals surface area contributed by atoms with Gasteiger partial charge in [-0.25, -0.2) is 4.79 Å². The third-order valence-electron chi connectivity index (χ3n) is 7.12. The van der Waals surface area contributed by atoms with Crippen LogP contribution in [0.4, 0.5) is 0 Å². The van der Waals surface area contributed by atoms with E-state index in [2.05, 4.69) is 20.9 Å². The Labute approximate surface area is 267 Å². The average molecular weight is 632 g/mol. The number of aliphatic imine (C=N–C) groups is 1. The number of rotatable bonds is 17. The van der Waals surface area contributed by atoms with Gasteiger partial charge in [-0.3, -0.25) is 19.4 Å². The minimum atomic E-state index is -1.28. The summed E-state index contributed by atoms with van der Waals surface area (Å²) < 4.78 is 0. The Balaban J connectivity index is 1.80. The molecular weight excluding hydrogens is 590 g/mol. The van der Waals surface area contributed by atoms with Crippen molar-refractivity contribution in [3.63, 3.8) is 0 Å². The lowest BCUT2D eigenvalue weighted by Gasteiger charge is -2.25. The van der Waals surface area contributed by atoms with E-state index in [0.29, 0.717) is 17.5 Å². The second kappa shape index (κ2) is 17.8. The van der Waals surface area contributed by atoms with Gasteiger partial charge < -0.3 is 43.4 Å². The number of carbonyl (C=O) groups is 4. The van der Waals surface area contributed by atoms with Gasteiger partial charge in [0.15, 0.2) is 5.96 Å². The normalized spacial score (nSPS) is 13.3. The number of carbonyl (C=O) groups excluding carboxylic acids is 3. The summed E-state index contributed by atoms with van der Waals surface area (Å²) in [4.78, 5) is 56.3. The van der Waals surface area contributed by atoms with Gasteiger partial charge in [0.25, 0.3) is 0 Å². The van der Waals surface area contributed by atoms with Crippen molar-refractivity contribution >= 4 is 29.7 Å². The Morgan fingerprint density at radius 1 is 0.652 bits per heavy atom. The van der Waals surface area contributed by atoms with E-state index in [9.17, 15) is 29.4 Å². The summed E-state index contributed by atoms with van der Waals surface area (Å²) in [7, 11) is 0. The monoisotopic (exact) mass is 631 g/mol. The molecule has 0 aromatic heterocycles. The van der Waals surface area contributed by atoms with Crippen LogP contribution in [0.3, 0.4) is 0 Å². The first-order valence-corrected chi connectivity index (χ1v) is 14.8. The third kappa shape index (κ3) is 11.9. The minimum Gasteiger partial charge on any atom is -0.508 e. The van der Waals surface area contributed by atoms with E-state index in [0.717, 1.165) is 5.56 Å². The summed E-state index contributed by atoms with van der Waals surface area (Å²) >= 11 is 0. The number of hydrogen-bond acceptors (Lipinski definition) is 7. The van der Waals surface area contributed by atoms with Gasteiger partial charge in [-0.15, -0.1) is 0 Å². The number of phenols is 1. The van der Waals surface area contributed by atoms with Gasteiger partial charge in [0.1, 0.15) is 23.9 Å². The lowest BCUT2D eigenvalue weighted by Crippen LogP contribution is -2.58. The zero-order chi connectivity index (χ0) is 33.5. The highest BCUT2D eigenvalue weighted by atomic mass is 16.4. The molecule has 13 heteroatoms. The van der Waals surface area contributed by atoms with Crippen molar-refractivity contribution < 1.29 is 29.4 Å². The van der Waals surface area contributed by atoms with Gasteiger partial charge in [-0.1, -0.05) is 72.8 Å². The molecule has 11 N–H and O–H groups in total. The Bertz CT molecular complexity index is 1460. The van der Waals surface area contributed by atoms with E-state index in [1.165, 1.54) is 12.1 Å². The maximum Gasteiger partial charge on any atom is 0.326 e. The topological polar surface area (TPSA) is 235 Å². The van der Waals surface area contributed by atoms with Crippen molar-refractivity contribution in [3.05, 3.63) is 102 Å². The molecule has 0 fully saturated rings. The van der Waals surface area contributed by atoms with Gasteiger partial charge in [0, 0.05) is 19.4 Å². The molecule has 244 valence electrons. The van der Waals surface area contributed by atoms with Gasteiger partial charge in [-0.05, 0) is 48.1 Å². The maximum atomic E-state index is 13.7. The zero-order valence-corrected chi connectivity index (χ0v) is 25.3. The summed E-state index contributed by atoms with van der Waals surface area (Å²) in [6.45, 7) is 0.190. The molecule has 13 nitrogen and oxygen atoms in total. The number of carboxylic acid groups (broad SMARTS) is 1. The fourth-order valence-electron chi connectivity index (χ4n) is 4.68. The molecule has 0 aliphatic heterocycles. The molecule has 0 saturated heterocycles. The summed E-state index contributed by atoms with van der Waals surface area (Å²) in [5, 5.41) is 27.5. The third-order valence-corrected chi connectivity index (χ3v) is 7.12. The Hall–Kier alpha value is -5.43. The SMILES string of the molecule is NC(N)=NCCCC(NC(=O)C(N)Cc1ccccc1)C(=O)NC(Cc1ccc(O)cc1)C(=O)NC(Cc1ccccc1)C(=O)O. The van der Waals surface area contributed by atoms with E-state index in [4.69, 9.17) is 17.2 Å². The van der Waals surface area contributed by atoms with Crippen molar-refractivity contribution in [3.8, 4) is 5.75 Å². The summed E-state index contributed by atoms with van der Waals surface area (Å²) in [5.41, 5.74) is 19.1. The van der Waals surface area contributed by atoms with E-state index in [1.54, 1.807) is 42.5 Å². The number of aromatic hydroxyl groups is 1. The van der Waals surface area contributed by atoms with Crippen LogP contribution in [0.2, 0.25) is 0 Å². The lowest BCUT2D eigenvalue weighted by molar-refractivity contribution is -0.142. The number of phenolic OH excluding ortho intramolecular Hbond substituents is 1. The molecule has 3 amide bonds. The molecule has 0 aliphatic carbocycles. The molecule has 3 rings (SSSR count). The Morgan fingerprint density at radius 3 is 1.70 bits per heavy atom. The summed E-state index contributed by atoms with van der Waals surface area (Å²) in [5.74, 6) is -3.35. The lowest BCUT2D eigenvalue weighted by atomic mass is 10.0. The number of carboxylic acids is 1. The quantitative estimate of drug-likeness (QED) is 0.0582. The smallest absolute Gasteiger partial charge is 0.326 e. The van der Waals surface area contributed by atoms with E-state index in [-0.39, 0.29) is 43.9 Å². The number of nitrogens with two attached hydrogens (primary N) is 3. The van der Waals surface area contributed by atoms with E-state index < -0.39 is 47.9 Å². The van der Waals surface area contributed by atoms with Crippen LogP contribution in [0.15, 0.2) is 89.9 Å². The van der Waals surface area contributed by atoms with Crippen molar-refractivity contribution in [2.24, 2.45) is 22.2 Å². The highest BCUT2D eigenvalue weighted by molar-refractivity contribution is 5.94. The summed E-state index contributed by atoms with van der Waals surface area (Å²) in [6.07, 6.45) is 0.657. The molecule has 4 atom stereocenters. The molecule has 0 bridgehead atoms. The second-order valence-corrected chi connectivity index (χ2v) is 10.8. The molecule has 4 unspecified atom stereocenters. The first-order chi connectivity index (χ1) is 22.0. The molecule has 3 aromatic carbocycles. The fourth-order valence-corrected chi connectivity index (χ4v) is 4.68. The molecule has 0 radical (unpaired) electrons. The van der Waals surface area contributed by atoms with Crippen molar-refractivity contribution in [1.82, 2.24) is 16.0 Å². The predicted molar refractivity (Wildman–Crippen MR) is 173 cm³/mol. The molecule has 46 heavy (non-hydrogen) atoms. The predicted octanol–water partition coefficient (Wildman–Crippen LogP) is 0.340. The van der Waals surface area contributed by atoms with Gasteiger partial charge >= 0.3 is 5.97 Å². The standard InChI is InChI=1S/C33H41N7O6/c34-25(18-21-8-3-1-4-9-21)29(42)38-26(12-7-17-37-33(35)36)30(43)39-27(19-23-13-15-24(41)16-14-23)31(44)40-28(32(45)46)20-22-10-5-2-6-11-22/h1-6,8-11,13-16,25-28,41H,7,12,17-20,34H2,(H,38,42)(H,39,43)(H,40,44)(H,45,46)(H4,35,36,37). The van der Waals surface area contributed by atoms with Crippen LogP contribution in [0.1, 0.15) is 29.5 Å². The molecule has 3 aromatic rings. The number of nitrogens with one attached hydrogen (secondary N) is 3. The van der Waals surface area contributed by atoms with Crippen LogP contribution in [0.5, 0.6) is 5.75 Å². The number of guanidine groups is 1. The average Bonchev–Trinajstić information content (AvgIpc) is 3.03. The van der Waals surface area contributed by atoms with E-state index in [1.807, 2.05) is 30.3 Å². The number of benzene rings is 3. The van der Waals surface area contributed by atoms with Crippen LogP contribution in [-0.4, -0.2) is 70.6 Å². The van der Waals surface area contributed by atoms with E-state index >= 15 is 0 Å². The molecule has 0 saturated carbocycles. The fraction of sp³-hybridized carbons (Fsp3) is 0.303. The Morgan fingerprint density at radius 2 is 1.13 bits per heavy atom. The maximum absolute atomic E-state index is 13.7. The number of aliphatic carboxylic acids is 1. The van der Waals surface area contributed by atoms with Gasteiger partial charge in [-0.2, -0.15) is 0 Å². The largest absolute Gasteiger partial charge is 0.508 e. The Kier molecular flexibility index (Phi) is 13.5. The van der Waals surface area contributed by atoms with Crippen LogP contribution in [0.25, 0.3) is 0 Å². The van der Waals surface area contributed by atoms with Crippen LogP contribution < -0.4 is 33.2 Å². The molecule has 0 spiro atoms. The molecule has 0 aliphatic rings. The van der Waals surface area contributed by atoms with Gasteiger partial charge in [0.05, 0.1) is 6.04 Å². The highest BCUT2D eigenvalue weighted by Gasteiger charge is 2.30. The summed E-state index contributed by atoms with van der Waals surface area (Å²) in [6, 6.07) is 19.4. The molecule has 0 heterocycles.